The number of carbonyl (C=O) groups excluding carboxylic acids is 1. The molecule has 2 aromatic rings. The Bertz CT molecular complexity index is 950. The summed E-state index contributed by atoms with van der Waals surface area (Å²) >= 11 is 0. The van der Waals surface area contributed by atoms with Crippen LogP contribution in [0.15, 0.2) is 42.6 Å². The Kier molecular flexibility index (Phi) is 8.25. The van der Waals surface area contributed by atoms with E-state index in [4.69, 9.17) is 5.11 Å². The predicted octanol–water partition coefficient (Wildman–Crippen LogP) is 4.27. The Hall–Kier alpha value is -3.35. The molecule has 13 heteroatoms. The number of aldehydes is 1. The quantitative estimate of drug-likeness (QED) is 0.367. The molecule has 1 aromatic carbocycles. The van der Waals surface area contributed by atoms with E-state index >= 15 is 0 Å². The number of pyridine rings is 1. The summed E-state index contributed by atoms with van der Waals surface area (Å²) in [6.45, 7) is -0.0512. The highest BCUT2D eigenvalue weighted by atomic mass is 19.4. The second kappa shape index (κ2) is 10.5. The minimum Gasteiger partial charge on any atom is -0.483 e. The van der Waals surface area contributed by atoms with Crippen LogP contribution in [0, 0.1) is 0 Å². The summed E-state index contributed by atoms with van der Waals surface area (Å²) in [7, 11) is 0. The van der Waals surface area contributed by atoms with E-state index in [-0.39, 0.29) is 23.3 Å². The van der Waals surface area contributed by atoms with Gasteiger partial charge in [-0.05, 0) is 30.7 Å². The van der Waals surface area contributed by atoms with Gasteiger partial charge in [0.05, 0.1) is 23.5 Å². The van der Waals surface area contributed by atoms with Crippen molar-refractivity contribution in [3.05, 3.63) is 59.4 Å². The molecular weight excluding hydrogens is 460 g/mol. The molecule has 1 heterocycles. The first-order valence-corrected chi connectivity index (χ1v) is 9.34. The van der Waals surface area contributed by atoms with Crippen LogP contribution in [0.3, 0.4) is 0 Å². The van der Waals surface area contributed by atoms with Gasteiger partial charge in [-0.3, -0.25) is 10.3 Å². The largest absolute Gasteiger partial charge is 0.483 e. The Morgan fingerprint density at radius 2 is 1.82 bits per heavy atom. The van der Waals surface area contributed by atoms with Crippen LogP contribution in [0.4, 0.5) is 31.1 Å². The molecule has 7 nitrogen and oxygen atoms in total. The van der Waals surface area contributed by atoms with Crippen molar-refractivity contribution in [2.75, 3.05) is 6.61 Å². The number of rotatable bonds is 9. The number of halogens is 6. The minimum absolute atomic E-state index is 0.160. The van der Waals surface area contributed by atoms with Gasteiger partial charge in [0.25, 0.3) is 0 Å². The van der Waals surface area contributed by atoms with E-state index < -0.39 is 48.7 Å². The van der Waals surface area contributed by atoms with Crippen molar-refractivity contribution in [2.45, 2.75) is 37.4 Å². The van der Waals surface area contributed by atoms with Crippen molar-refractivity contribution in [2.24, 2.45) is 0 Å². The van der Waals surface area contributed by atoms with E-state index in [1.807, 2.05) is 5.32 Å². The van der Waals surface area contributed by atoms with Gasteiger partial charge >= 0.3 is 18.4 Å². The summed E-state index contributed by atoms with van der Waals surface area (Å²) in [5, 5.41) is 13.6. The number of nitrogens with zero attached hydrogens (tertiary/aromatic N) is 1. The fourth-order valence-electron chi connectivity index (χ4n) is 3.00. The van der Waals surface area contributed by atoms with Gasteiger partial charge in [0.1, 0.15) is 18.1 Å². The fourth-order valence-corrected chi connectivity index (χ4v) is 3.00. The molecule has 1 unspecified atom stereocenters. The molecule has 0 fully saturated rings. The molecule has 0 aliphatic heterocycles. The summed E-state index contributed by atoms with van der Waals surface area (Å²) < 4.78 is 81.9. The molecule has 0 aliphatic carbocycles. The lowest BCUT2D eigenvalue weighted by molar-refractivity contribution is -0.153. The summed E-state index contributed by atoms with van der Waals surface area (Å²) in [6.07, 6.45) is -9.79. The maximum atomic E-state index is 13.5. The van der Waals surface area contributed by atoms with E-state index in [2.05, 4.69) is 15.0 Å². The van der Waals surface area contributed by atoms with Crippen LogP contribution in [0.25, 0.3) is 0 Å². The van der Waals surface area contributed by atoms with Crippen LogP contribution in [-0.2, 0) is 11.0 Å². The lowest BCUT2D eigenvalue weighted by Gasteiger charge is -2.30. The van der Waals surface area contributed by atoms with Gasteiger partial charge in [-0.15, -0.1) is 0 Å². The number of benzene rings is 1. The summed E-state index contributed by atoms with van der Waals surface area (Å²) in [4.78, 5) is 26.6. The second-order valence-corrected chi connectivity index (χ2v) is 6.89. The number of aromatic nitrogens is 1. The molecule has 3 N–H and O–H groups in total. The van der Waals surface area contributed by atoms with Gasteiger partial charge in [0.15, 0.2) is 6.61 Å². The maximum Gasteiger partial charge on any atom is 0.422 e. The first-order valence-electron chi connectivity index (χ1n) is 9.34. The molecule has 0 radical (unpaired) electrons. The van der Waals surface area contributed by atoms with E-state index in [0.29, 0.717) is 0 Å². The van der Waals surface area contributed by atoms with Crippen molar-refractivity contribution in [1.82, 2.24) is 15.6 Å². The SMILES string of the molecule is C[C@@H](NC(c1ccccc1C(F)(F)F)[C@H](C=O)NC(=O)O)c1ccc(OCC(F)(F)F)cn1. The van der Waals surface area contributed by atoms with Gasteiger partial charge in [-0.2, -0.15) is 26.3 Å². The molecular formula is C20H19F6N3O4. The zero-order valence-electron chi connectivity index (χ0n) is 16.9. The Morgan fingerprint density at radius 1 is 1.15 bits per heavy atom. The highest BCUT2D eigenvalue weighted by Gasteiger charge is 2.38. The monoisotopic (exact) mass is 479 g/mol. The van der Waals surface area contributed by atoms with Crippen molar-refractivity contribution in [1.29, 1.82) is 0 Å². The van der Waals surface area contributed by atoms with Crippen LogP contribution in [-0.4, -0.2) is 41.3 Å². The van der Waals surface area contributed by atoms with Crippen molar-refractivity contribution >= 4 is 12.4 Å². The summed E-state index contributed by atoms with van der Waals surface area (Å²) in [5.41, 5.74) is -1.26. The van der Waals surface area contributed by atoms with Crippen LogP contribution in [0.1, 0.15) is 35.8 Å². The average Bonchev–Trinajstić information content (AvgIpc) is 2.73. The van der Waals surface area contributed by atoms with Gasteiger partial charge < -0.3 is 20.0 Å². The van der Waals surface area contributed by atoms with Crippen molar-refractivity contribution < 1.29 is 45.8 Å². The number of hydrogen-bond acceptors (Lipinski definition) is 5. The summed E-state index contributed by atoms with van der Waals surface area (Å²) in [6, 6.07) is 2.94. The number of ether oxygens (including phenoxy) is 1. The lowest BCUT2D eigenvalue weighted by atomic mass is 9.93. The average molecular weight is 479 g/mol. The van der Waals surface area contributed by atoms with Gasteiger partial charge in [0, 0.05) is 6.04 Å². The third-order valence-electron chi connectivity index (χ3n) is 4.43. The van der Waals surface area contributed by atoms with Crippen LogP contribution in [0.5, 0.6) is 5.75 Å². The molecule has 0 saturated heterocycles. The molecule has 3 atom stereocenters. The standard InChI is InChI=1S/C20H19F6N3O4/c1-11(15-7-6-12(8-27-15)33-10-19(21,22)23)28-17(16(9-30)29-18(31)32)13-4-2-3-5-14(13)20(24,25)26/h2-9,11,16-17,28-29H,10H2,1H3,(H,31,32)/t11-,16+,17?/m1/s1. The van der Waals surface area contributed by atoms with E-state index in [1.165, 1.54) is 25.1 Å². The Labute approximate surface area is 183 Å². The lowest BCUT2D eigenvalue weighted by Crippen LogP contribution is -2.46. The van der Waals surface area contributed by atoms with E-state index in [9.17, 15) is 35.9 Å². The maximum absolute atomic E-state index is 13.5. The molecule has 0 saturated carbocycles. The van der Waals surface area contributed by atoms with Crippen molar-refractivity contribution in [3.8, 4) is 5.75 Å². The highest BCUT2D eigenvalue weighted by molar-refractivity contribution is 5.72. The number of nitrogens with one attached hydrogen (secondary N) is 2. The topological polar surface area (TPSA) is 101 Å². The Morgan fingerprint density at radius 3 is 2.33 bits per heavy atom. The molecule has 0 bridgehead atoms. The fraction of sp³-hybridized carbons (Fsp3) is 0.350. The number of amides is 1. The normalized spacial score (nSPS) is 14.8. The number of carboxylic acid groups (broad SMARTS) is 1. The molecule has 33 heavy (non-hydrogen) atoms. The smallest absolute Gasteiger partial charge is 0.422 e. The Balaban J connectivity index is 2.34. The third kappa shape index (κ3) is 7.63. The summed E-state index contributed by atoms with van der Waals surface area (Å²) in [5.74, 6) is -0.180. The number of carbonyl (C=O) groups is 2. The first kappa shape index (κ1) is 25.9. The van der Waals surface area contributed by atoms with E-state index in [1.54, 1.807) is 0 Å². The zero-order valence-corrected chi connectivity index (χ0v) is 16.9. The predicted molar refractivity (Wildman–Crippen MR) is 103 cm³/mol. The third-order valence-corrected chi connectivity index (χ3v) is 4.43. The van der Waals surface area contributed by atoms with Crippen LogP contribution in [0.2, 0.25) is 0 Å². The van der Waals surface area contributed by atoms with E-state index in [0.717, 1.165) is 24.4 Å². The first-order chi connectivity index (χ1) is 15.3. The number of hydrogen-bond donors (Lipinski definition) is 3. The van der Waals surface area contributed by atoms with Gasteiger partial charge in [-0.25, -0.2) is 4.79 Å². The minimum atomic E-state index is -4.79. The molecule has 0 aliphatic rings. The van der Waals surface area contributed by atoms with Crippen LogP contribution >= 0.6 is 0 Å². The molecule has 1 aromatic heterocycles. The second-order valence-electron chi connectivity index (χ2n) is 6.89. The molecule has 1 amide bonds. The van der Waals surface area contributed by atoms with Gasteiger partial charge in [0.2, 0.25) is 0 Å². The molecule has 0 spiro atoms. The van der Waals surface area contributed by atoms with Crippen LogP contribution < -0.4 is 15.4 Å². The van der Waals surface area contributed by atoms with Gasteiger partial charge in [-0.1, -0.05) is 18.2 Å². The zero-order chi connectivity index (χ0) is 24.8. The highest BCUT2D eigenvalue weighted by Crippen LogP contribution is 2.36. The van der Waals surface area contributed by atoms with Crippen molar-refractivity contribution in [3.63, 3.8) is 0 Å². The molecule has 180 valence electrons. The molecule has 2 rings (SSSR count). The number of alkyl halides is 6.